The third-order valence-electron chi connectivity index (χ3n) is 6.12. The predicted octanol–water partition coefficient (Wildman–Crippen LogP) is 4.42. The molecule has 0 aliphatic carbocycles. The normalized spacial score (nSPS) is 14.4. The number of hydrogen-bond acceptors (Lipinski definition) is 7. The van der Waals surface area contributed by atoms with Crippen molar-refractivity contribution in [3.05, 3.63) is 65.2 Å². The topological polar surface area (TPSA) is 92.6 Å². The van der Waals surface area contributed by atoms with Gasteiger partial charge in [0, 0.05) is 57.3 Å². The molecule has 1 saturated heterocycles. The number of aromatic nitrogens is 3. The van der Waals surface area contributed by atoms with Crippen LogP contribution >= 0.6 is 0 Å². The third kappa shape index (κ3) is 6.02. The van der Waals surface area contributed by atoms with E-state index in [2.05, 4.69) is 10.3 Å². The Hall–Kier alpha value is -3.88. The molecule has 1 aromatic carbocycles. The van der Waals surface area contributed by atoms with Crippen LogP contribution < -0.4 is 15.8 Å². The van der Waals surface area contributed by atoms with Gasteiger partial charge in [-0.15, -0.1) is 0 Å². The van der Waals surface area contributed by atoms with E-state index in [-0.39, 0.29) is 17.7 Å². The minimum Gasteiger partial charge on any atom is -0.444 e. The van der Waals surface area contributed by atoms with Gasteiger partial charge < -0.3 is 24.4 Å². The maximum absolute atomic E-state index is 12.4. The number of hydrogen-bond donors (Lipinski definition) is 1. The van der Waals surface area contributed by atoms with Crippen molar-refractivity contribution in [2.45, 2.75) is 45.3 Å². The van der Waals surface area contributed by atoms with E-state index in [1.807, 2.05) is 75.3 Å². The fraction of sp³-hybridized carbons (Fsp3) is 0.407. The van der Waals surface area contributed by atoms with Gasteiger partial charge in [-0.2, -0.15) is 4.98 Å². The summed E-state index contributed by atoms with van der Waals surface area (Å²) in [6.07, 6.45) is 4.84. The van der Waals surface area contributed by atoms with E-state index in [4.69, 9.17) is 9.72 Å². The van der Waals surface area contributed by atoms with Crippen LogP contribution in [-0.2, 0) is 11.8 Å². The monoisotopic (exact) mass is 490 g/mol. The molecule has 0 saturated carbocycles. The van der Waals surface area contributed by atoms with Crippen molar-refractivity contribution in [1.82, 2.24) is 19.4 Å². The van der Waals surface area contributed by atoms with Crippen molar-refractivity contribution in [2.24, 2.45) is 7.05 Å². The summed E-state index contributed by atoms with van der Waals surface area (Å²) >= 11 is 0. The summed E-state index contributed by atoms with van der Waals surface area (Å²) in [6, 6.07) is 13.5. The number of amides is 1. The zero-order valence-electron chi connectivity index (χ0n) is 21.6. The van der Waals surface area contributed by atoms with Crippen molar-refractivity contribution in [3.63, 3.8) is 0 Å². The standard InChI is InChI=1S/C27H34N6O3/c1-27(2,3)36-26(35)33-15-12-20(13-16-33)29-25-28-14-11-23(30-25)32(5)22-18-31(4)24(34)17-21(22)19-9-7-6-8-10-19/h6-11,14,17-18,20H,12-13,15-16H2,1-5H3,(H,28,29,30). The second-order valence-electron chi connectivity index (χ2n) is 10.1. The molecule has 36 heavy (non-hydrogen) atoms. The van der Waals surface area contributed by atoms with Gasteiger partial charge in [0.05, 0.1) is 5.69 Å². The van der Waals surface area contributed by atoms with E-state index in [1.165, 1.54) is 0 Å². The van der Waals surface area contributed by atoms with Gasteiger partial charge in [0.25, 0.3) is 5.56 Å². The second-order valence-corrected chi connectivity index (χ2v) is 10.1. The van der Waals surface area contributed by atoms with Crippen LogP contribution in [0.5, 0.6) is 0 Å². The van der Waals surface area contributed by atoms with Crippen LogP contribution in [0.15, 0.2) is 59.7 Å². The first-order valence-electron chi connectivity index (χ1n) is 12.2. The van der Waals surface area contributed by atoms with Crippen LogP contribution in [0.3, 0.4) is 0 Å². The number of benzene rings is 1. The summed E-state index contributed by atoms with van der Waals surface area (Å²) in [5, 5.41) is 3.42. The summed E-state index contributed by atoms with van der Waals surface area (Å²) < 4.78 is 7.05. The number of anilines is 3. The molecule has 1 fully saturated rings. The number of nitrogens with zero attached hydrogens (tertiary/aromatic N) is 5. The SMILES string of the molecule is CN(c1ccnc(NC2CCN(C(=O)OC(C)(C)C)CC2)n1)c1cn(C)c(=O)cc1-c1ccccc1. The van der Waals surface area contributed by atoms with Crippen LogP contribution in [-0.4, -0.2) is 57.3 Å². The Morgan fingerprint density at radius 3 is 2.50 bits per heavy atom. The van der Waals surface area contributed by atoms with Crippen LogP contribution in [0.25, 0.3) is 11.1 Å². The molecule has 1 aliphatic rings. The predicted molar refractivity (Wildman–Crippen MR) is 142 cm³/mol. The first kappa shape index (κ1) is 25.2. The summed E-state index contributed by atoms with van der Waals surface area (Å²) in [5.74, 6) is 1.23. The fourth-order valence-corrected chi connectivity index (χ4v) is 4.18. The number of carbonyl (C=O) groups is 1. The summed E-state index contributed by atoms with van der Waals surface area (Å²) in [4.78, 5) is 37.6. The van der Waals surface area contributed by atoms with Gasteiger partial charge in [0.15, 0.2) is 0 Å². The highest BCUT2D eigenvalue weighted by molar-refractivity contribution is 5.80. The Labute approximate surface area is 211 Å². The number of likely N-dealkylation sites (tertiary alicyclic amines) is 1. The maximum atomic E-state index is 12.4. The van der Waals surface area contributed by atoms with Crippen molar-refractivity contribution in [2.75, 3.05) is 30.4 Å². The highest BCUT2D eigenvalue weighted by atomic mass is 16.6. The molecule has 0 bridgehead atoms. The highest BCUT2D eigenvalue weighted by Crippen LogP contribution is 2.32. The number of nitrogens with one attached hydrogen (secondary N) is 1. The van der Waals surface area contributed by atoms with E-state index in [0.29, 0.717) is 24.9 Å². The molecule has 9 heteroatoms. The lowest BCUT2D eigenvalue weighted by Gasteiger charge is -2.33. The summed E-state index contributed by atoms with van der Waals surface area (Å²) in [5.41, 5.74) is 2.08. The minimum atomic E-state index is -0.502. The van der Waals surface area contributed by atoms with Crippen LogP contribution in [0, 0.1) is 0 Å². The van der Waals surface area contributed by atoms with Gasteiger partial charge in [0.1, 0.15) is 11.4 Å². The molecule has 1 amide bonds. The molecule has 3 heterocycles. The van der Waals surface area contributed by atoms with Crippen molar-refractivity contribution >= 4 is 23.5 Å². The van der Waals surface area contributed by atoms with E-state index in [0.717, 1.165) is 29.7 Å². The Balaban J connectivity index is 1.48. The Bertz CT molecular complexity index is 1260. The maximum Gasteiger partial charge on any atom is 0.410 e. The molecule has 190 valence electrons. The molecule has 0 atom stereocenters. The first-order valence-corrected chi connectivity index (χ1v) is 12.2. The van der Waals surface area contributed by atoms with Crippen LogP contribution in [0.2, 0.25) is 0 Å². The average molecular weight is 491 g/mol. The first-order chi connectivity index (χ1) is 17.1. The number of ether oxygens (including phenoxy) is 1. The highest BCUT2D eigenvalue weighted by Gasteiger charge is 2.27. The Morgan fingerprint density at radius 2 is 1.83 bits per heavy atom. The van der Waals surface area contributed by atoms with Crippen molar-refractivity contribution in [3.8, 4) is 11.1 Å². The lowest BCUT2D eigenvalue weighted by atomic mass is 10.0. The molecular weight excluding hydrogens is 456 g/mol. The number of rotatable bonds is 5. The molecule has 4 rings (SSSR count). The van der Waals surface area contributed by atoms with Crippen molar-refractivity contribution in [1.29, 1.82) is 0 Å². The number of pyridine rings is 1. The zero-order chi connectivity index (χ0) is 25.9. The molecule has 0 spiro atoms. The fourth-order valence-electron chi connectivity index (χ4n) is 4.18. The van der Waals surface area contributed by atoms with Crippen molar-refractivity contribution < 1.29 is 9.53 Å². The molecule has 0 radical (unpaired) electrons. The number of aryl methyl sites for hydroxylation is 1. The minimum absolute atomic E-state index is 0.0752. The zero-order valence-corrected chi connectivity index (χ0v) is 21.6. The van der Waals surface area contributed by atoms with E-state index >= 15 is 0 Å². The van der Waals surface area contributed by atoms with E-state index < -0.39 is 5.60 Å². The molecule has 0 unspecified atom stereocenters. The molecular formula is C27H34N6O3. The number of piperidine rings is 1. The molecule has 1 aliphatic heterocycles. The van der Waals surface area contributed by atoms with Gasteiger partial charge in [-0.05, 0) is 45.2 Å². The van der Waals surface area contributed by atoms with Gasteiger partial charge in [-0.25, -0.2) is 9.78 Å². The Morgan fingerprint density at radius 1 is 1.14 bits per heavy atom. The second kappa shape index (κ2) is 10.4. The smallest absolute Gasteiger partial charge is 0.410 e. The third-order valence-corrected chi connectivity index (χ3v) is 6.12. The van der Waals surface area contributed by atoms with Gasteiger partial charge in [-0.3, -0.25) is 4.79 Å². The van der Waals surface area contributed by atoms with E-state index in [1.54, 1.807) is 28.8 Å². The molecule has 2 aromatic heterocycles. The number of carbonyl (C=O) groups excluding carboxylic acids is 1. The van der Waals surface area contributed by atoms with Crippen LogP contribution in [0.1, 0.15) is 33.6 Å². The van der Waals surface area contributed by atoms with E-state index in [9.17, 15) is 9.59 Å². The van der Waals surface area contributed by atoms with Gasteiger partial charge >= 0.3 is 6.09 Å². The largest absolute Gasteiger partial charge is 0.444 e. The van der Waals surface area contributed by atoms with Gasteiger partial charge in [-0.1, -0.05) is 30.3 Å². The summed E-state index contributed by atoms with van der Waals surface area (Å²) in [6.45, 7) is 6.85. The Kier molecular flexibility index (Phi) is 7.28. The molecule has 1 N–H and O–H groups in total. The van der Waals surface area contributed by atoms with Gasteiger partial charge in [0.2, 0.25) is 5.95 Å². The molecule has 3 aromatic rings. The lowest BCUT2D eigenvalue weighted by molar-refractivity contribution is 0.0210. The molecule has 9 nitrogen and oxygen atoms in total. The quantitative estimate of drug-likeness (QED) is 0.566. The summed E-state index contributed by atoms with van der Waals surface area (Å²) in [7, 11) is 3.67. The van der Waals surface area contributed by atoms with Crippen LogP contribution in [0.4, 0.5) is 22.2 Å². The average Bonchev–Trinajstić information content (AvgIpc) is 2.85. The lowest BCUT2D eigenvalue weighted by Crippen LogP contribution is -2.44.